The van der Waals surface area contributed by atoms with Crippen LogP contribution in [0.2, 0.25) is 0 Å². The molecule has 0 unspecified atom stereocenters. The molecule has 2 aromatic heterocycles. The van der Waals surface area contributed by atoms with Gasteiger partial charge in [0.1, 0.15) is 5.82 Å². The van der Waals surface area contributed by atoms with Gasteiger partial charge in [-0.3, -0.25) is 4.79 Å². The molecule has 0 aliphatic carbocycles. The number of pyridine rings is 1. The van der Waals surface area contributed by atoms with E-state index in [9.17, 15) is 4.79 Å². The number of hydrogen-bond donors (Lipinski definition) is 1. The molecule has 0 saturated heterocycles. The summed E-state index contributed by atoms with van der Waals surface area (Å²) in [6, 6.07) is 5.29. The molecule has 0 fully saturated rings. The van der Waals surface area contributed by atoms with Gasteiger partial charge in [0.05, 0.1) is 0 Å². The van der Waals surface area contributed by atoms with Crippen LogP contribution in [0, 0.1) is 0 Å². The number of carbonyl (C=O) groups excluding carboxylic acids is 1. The van der Waals surface area contributed by atoms with Crippen molar-refractivity contribution < 1.29 is 4.79 Å². The Balaban J connectivity index is 2.12. The Morgan fingerprint density at radius 2 is 1.79 bits per heavy atom. The van der Waals surface area contributed by atoms with Gasteiger partial charge in [-0.05, 0) is 23.1 Å². The zero-order valence-corrected chi connectivity index (χ0v) is 11.2. The zero-order valence-electron chi connectivity index (χ0n) is 11.2. The average molecular weight is 256 g/mol. The monoisotopic (exact) mass is 256 g/mol. The molecule has 0 atom stereocenters. The van der Waals surface area contributed by atoms with Gasteiger partial charge in [-0.15, -0.1) is 0 Å². The Labute approximate surface area is 112 Å². The lowest BCUT2D eigenvalue weighted by molar-refractivity contribution is 0.101. The number of nitrogens with one attached hydrogen (secondary N) is 1. The molecule has 98 valence electrons. The molecule has 5 heteroatoms. The zero-order chi connectivity index (χ0) is 13.9. The summed E-state index contributed by atoms with van der Waals surface area (Å²) in [5, 5.41) is 2.64. The van der Waals surface area contributed by atoms with Crippen LogP contribution >= 0.6 is 0 Å². The Morgan fingerprint density at radius 3 is 2.32 bits per heavy atom. The maximum atomic E-state index is 11.9. The van der Waals surface area contributed by atoms with E-state index in [1.807, 2.05) is 0 Å². The molecule has 1 N–H and O–H groups in total. The number of amides is 1. The van der Waals surface area contributed by atoms with E-state index in [-0.39, 0.29) is 17.1 Å². The SMILES string of the molecule is CC(C)(C)c1cnc(C(=O)Nc2ccccn2)nc1. The van der Waals surface area contributed by atoms with E-state index in [0.717, 1.165) is 5.56 Å². The number of nitrogens with zero attached hydrogens (tertiary/aromatic N) is 3. The first-order valence-electron chi connectivity index (χ1n) is 6.02. The number of anilines is 1. The van der Waals surface area contributed by atoms with Crippen LogP contribution in [-0.4, -0.2) is 20.9 Å². The molecule has 19 heavy (non-hydrogen) atoms. The minimum Gasteiger partial charge on any atom is -0.304 e. The Morgan fingerprint density at radius 1 is 1.11 bits per heavy atom. The normalized spacial score (nSPS) is 11.1. The summed E-state index contributed by atoms with van der Waals surface area (Å²) >= 11 is 0. The molecule has 0 aliphatic heterocycles. The van der Waals surface area contributed by atoms with Crippen LogP contribution in [0.15, 0.2) is 36.8 Å². The summed E-state index contributed by atoms with van der Waals surface area (Å²) in [6.45, 7) is 6.21. The Bertz CT molecular complexity index is 558. The first-order valence-corrected chi connectivity index (χ1v) is 6.02. The second kappa shape index (κ2) is 5.14. The predicted molar refractivity (Wildman–Crippen MR) is 72.9 cm³/mol. The standard InChI is InChI=1S/C14H16N4O/c1-14(2,3)10-8-16-12(17-9-10)13(19)18-11-6-4-5-7-15-11/h4-9H,1-3H3,(H,15,18,19). The van der Waals surface area contributed by atoms with Crippen molar-refractivity contribution in [2.24, 2.45) is 0 Å². The summed E-state index contributed by atoms with van der Waals surface area (Å²) in [5.41, 5.74) is 0.956. The van der Waals surface area contributed by atoms with Crippen molar-refractivity contribution in [2.75, 3.05) is 5.32 Å². The summed E-state index contributed by atoms with van der Waals surface area (Å²) < 4.78 is 0. The average Bonchev–Trinajstić information content (AvgIpc) is 2.39. The van der Waals surface area contributed by atoms with Crippen LogP contribution in [-0.2, 0) is 5.41 Å². The molecule has 0 spiro atoms. The van der Waals surface area contributed by atoms with Crippen LogP contribution in [0.5, 0.6) is 0 Å². The van der Waals surface area contributed by atoms with Gasteiger partial charge < -0.3 is 5.32 Å². The van der Waals surface area contributed by atoms with Gasteiger partial charge in [-0.25, -0.2) is 15.0 Å². The van der Waals surface area contributed by atoms with E-state index in [2.05, 4.69) is 41.0 Å². The van der Waals surface area contributed by atoms with Gasteiger partial charge in [0.2, 0.25) is 5.82 Å². The number of hydrogen-bond acceptors (Lipinski definition) is 4. The highest BCUT2D eigenvalue weighted by molar-refractivity contribution is 6.00. The molecule has 0 aromatic carbocycles. The van der Waals surface area contributed by atoms with Crippen molar-refractivity contribution in [3.8, 4) is 0 Å². The van der Waals surface area contributed by atoms with Gasteiger partial charge in [0, 0.05) is 18.6 Å². The van der Waals surface area contributed by atoms with Crippen LogP contribution < -0.4 is 5.32 Å². The summed E-state index contributed by atoms with van der Waals surface area (Å²) in [6.07, 6.45) is 4.97. The van der Waals surface area contributed by atoms with Crippen molar-refractivity contribution >= 4 is 11.7 Å². The number of rotatable bonds is 2. The Hall–Kier alpha value is -2.30. The summed E-state index contributed by atoms with van der Waals surface area (Å²) in [5.74, 6) is 0.258. The fourth-order valence-corrected chi connectivity index (χ4v) is 1.44. The first-order chi connectivity index (χ1) is 8.97. The highest BCUT2D eigenvalue weighted by Crippen LogP contribution is 2.19. The van der Waals surface area contributed by atoms with Crippen molar-refractivity contribution in [1.82, 2.24) is 15.0 Å². The largest absolute Gasteiger partial charge is 0.304 e. The van der Waals surface area contributed by atoms with E-state index in [1.54, 1.807) is 36.8 Å². The van der Waals surface area contributed by atoms with Gasteiger partial charge in [-0.2, -0.15) is 0 Å². The van der Waals surface area contributed by atoms with Crippen molar-refractivity contribution in [3.05, 3.63) is 48.2 Å². The van der Waals surface area contributed by atoms with Gasteiger partial charge in [0.15, 0.2) is 0 Å². The molecule has 0 aliphatic rings. The van der Waals surface area contributed by atoms with Crippen LogP contribution in [0.25, 0.3) is 0 Å². The van der Waals surface area contributed by atoms with Crippen molar-refractivity contribution in [2.45, 2.75) is 26.2 Å². The lowest BCUT2D eigenvalue weighted by atomic mass is 9.89. The molecule has 2 aromatic rings. The molecular formula is C14H16N4O. The van der Waals surface area contributed by atoms with Crippen LogP contribution in [0.1, 0.15) is 37.0 Å². The van der Waals surface area contributed by atoms with E-state index < -0.39 is 0 Å². The highest BCUT2D eigenvalue weighted by atomic mass is 16.2. The fourth-order valence-electron chi connectivity index (χ4n) is 1.44. The smallest absolute Gasteiger partial charge is 0.294 e. The van der Waals surface area contributed by atoms with E-state index in [1.165, 1.54) is 0 Å². The Kier molecular flexibility index (Phi) is 3.55. The van der Waals surface area contributed by atoms with Crippen molar-refractivity contribution in [1.29, 1.82) is 0 Å². The lowest BCUT2D eigenvalue weighted by Crippen LogP contribution is -2.18. The third-order valence-electron chi connectivity index (χ3n) is 2.63. The summed E-state index contributed by atoms with van der Waals surface area (Å²) in [4.78, 5) is 24.1. The number of aromatic nitrogens is 3. The molecule has 0 saturated carbocycles. The minimum absolute atomic E-state index is 0.0318. The minimum atomic E-state index is -0.362. The van der Waals surface area contributed by atoms with E-state index in [0.29, 0.717) is 5.82 Å². The molecule has 0 bridgehead atoms. The third-order valence-corrected chi connectivity index (χ3v) is 2.63. The van der Waals surface area contributed by atoms with Crippen LogP contribution in [0.3, 0.4) is 0 Å². The predicted octanol–water partition coefficient (Wildman–Crippen LogP) is 2.42. The number of carbonyl (C=O) groups is 1. The van der Waals surface area contributed by atoms with Gasteiger partial charge >= 0.3 is 0 Å². The fraction of sp³-hybridized carbons (Fsp3) is 0.286. The second-order valence-corrected chi connectivity index (χ2v) is 5.21. The van der Waals surface area contributed by atoms with E-state index >= 15 is 0 Å². The maximum absolute atomic E-state index is 11.9. The molecule has 0 radical (unpaired) electrons. The third kappa shape index (κ3) is 3.34. The van der Waals surface area contributed by atoms with Gasteiger partial charge in [-0.1, -0.05) is 26.8 Å². The lowest BCUT2D eigenvalue weighted by Gasteiger charge is -2.17. The van der Waals surface area contributed by atoms with Crippen molar-refractivity contribution in [3.63, 3.8) is 0 Å². The molecule has 2 rings (SSSR count). The molecular weight excluding hydrogens is 240 g/mol. The summed E-state index contributed by atoms with van der Waals surface area (Å²) in [7, 11) is 0. The quantitative estimate of drug-likeness (QED) is 0.896. The highest BCUT2D eigenvalue weighted by Gasteiger charge is 2.16. The topological polar surface area (TPSA) is 67.8 Å². The first kappa shape index (κ1) is 13.1. The van der Waals surface area contributed by atoms with Gasteiger partial charge in [0.25, 0.3) is 5.91 Å². The van der Waals surface area contributed by atoms with Crippen LogP contribution in [0.4, 0.5) is 5.82 Å². The molecule has 1 amide bonds. The maximum Gasteiger partial charge on any atom is 0.294 e. The molecule has 2 heterocycles. The molecule has 5 nitrogen and oxygen atoms in total. The second-order valence-electron chi connectivity index (χ2n) is 5.21. The van der Waals surface area contributed by atoms with E-state index in [4.69, 9.17) is 0 Å².